The molecule has 140 valence electrons. The van der Waals surface area contributed by atoms with Crippen molar-refractivity contribution in [2.24, 2.45) is 17.8 Å². The number of benzene rings is 2. The van der Waals surface area contributed by atoms with Crippen molar-refractivity contribution in [2.45, 2.75) is 32.2 Å². The van der Waals surface area contributed by atoms with Crippen molar-refractivity contribution in [1.82, 2.24) is 4.90 Å². The molecular formula is C23H25NO3. The third kappa shape index (κ3) is 2.93. The maximum Gasteiger partial charge on any atom is 0.311 e. The van der Waals surface area contributed by atoms with Gasteiger partial charge in [-0.05, 0) is 41.5 Å². The first-order chi connectivity index (χ1) is 13.0. The number of carbonyl (C=O) groups excluding carboxylic acids is 1. The monoisotopic (exact) mass is 363 g/mol. The Morgan fingerprint density at radius 2 is 1.70 bits per heavy atom. The number of carbonyl (C=O) groups is 2. The molecule has 1 N–H and O–H groups in total. The third-order valence-electron chi connectivity index (χ3n) is 6.22. The molecule has 0 spiro atoms. The minimum atomic E-state index is -0.781. The number of rotatable bonds is 3. The predicted molar refractivity (Wildman–Crippen MR) is 104 cm³/mol. The van der Waals surface area contributed by atoms with Gasteiger partial charge < -0.3 is 10.0 Å². The fourth-order valence-electron chi connectivity index (χ4n) is 5.23. The van der Waals surface area contributed by atoms with Gasteiger partial charge in [-0.15, -0.1) is 0 Å². The lowest BCUT2D eigenvalue weighted by molar-refractivity contribution is -0.141. The average Bonchev–Trinajstić information content (AvgIpc) is 3.04. The van der Waals surface area contributed by atoms with Crippen LogP contribution in [0.25, 0.3) is 0 Å². The smallest absolute Gasteiger partial charge is 0.311 e. The van der Waals surface area contributed by atoms with Crippen molar-refractivity contribution in [3.63, 3.8) is 0 Å². The van der Waals surface area contributed by atoms with E-state index in [1.165, 1.54) is 0 Å². The second-order valence-corrected chi connectivity index (χ2v) is 8.11. The number of carboxylic acids is 1. The molecular weight excluding hydrogens is 338 g/mol. The van der Waals surface area contributed by atoms with E-state index in [1.807, 2.05) is 59.5 Å². The lowest BCUT2D eigenvalue weighted by atomic mass is 9.66. The van der Waals surface area contributed by atoms with Crippen LogP contribution in [-0.4, -0.2) is 34.5 Å². The third-order valence-corrected chi connectivity index (χ3v) is 6.22. The molecule has 1 saturated heterocycles. The molecule has 0 unspecified atom stereocenters. The second kappa shape index (κ2) is 6.84. The van der Waals surface area contributed by atoms with Crippen LogP contribution in [-0.2, 0) is 11.2 Å². The molecule has 0 aromatic heterocycles. The predicted octanol–water partition coefficient (Wildman–Crippen LogP) is 3.82. The SMILES string of the molecule is CC(C)[C@H]1[C@@H]2[C@@H](Cc3ccccc3[C@H]2C(=O)O)CN1C(=O)c1ccccc1. The molecule has 1 aliphatic carbocycles. The number of nitrogens with zero attached hydrogens (tertiary/aromatic N) is 1. The molecule has 1 aliphatic heterocycles. The standard InChI is InChI=1S/C23H25NO3/c1-14(2)21-19-17(13-24(21)22(25)15-8-4-3-5-9-15)12-16-10-6-7-11-18(16)20(19)23(26)27/h3-11,14,17,19-21H,12-13H2,1-2H3,(H,26,27)/t17-,19+,20+,21-/m0/s1. The van der Waals surface area contributed by atoms with Gasteiger partial charge in [0.25, 0.3) is 5.91 Å². The molecule has 2 aromatic rings. The Bertz CT molecular complexity index is 861. The first-order valence-electron chi connectivity index (χ1n) is 9.65. The summed E-state index contributed by atoms with van der Waals surface area (Å²) in [5.74, 6) is -1.000. The summed E-state index contributed by atoms with van der Waals surface area (Å²) in [4.78, 5) is 27.4. The number of amides is 1. The molecule has 1 heterocycles. The molecule has 4 heteroatoms. The molecule has 1 amide bonds. The normalized spacial score (nSPS) is 26.6. The van der Waals surface area contributed by atoms with Gasteiger partial charge in [-0.25, -0.2) is 0 Å². The van der Waals surface area contributed by atoms with Crippen molar-refractivity contribution in [3.8, 4) is 0 Å². The molecule has 1 fully saturated rings. The van der Waals surface area contributed by atoms with Crippen LogP contribution in [0, 0.1) is 17.8 Å². The highest BCUT2D eigenvalue weighted by Gasteiger charge is 2.53. The number of aliphatic carboxylic acids is 1. The largest absolute Gasteiger partial charge is 0.481 e. The van der Waals surface area contributed by atoms with Crippen LogP contribution in [0.4, 0.5) is 0 Å². The van der Waals surface area contributed by atoms with Crippen LogP contribution in [0.15, 0.2) is 54.6 Å². The summed E-state index contributed by atoms with van der Waals surface area (Å²) in [6.45, 7) is 4.81. The highest BCUT2D eigenvalue weighted by molar-refractivity contribution is 5.94. The van der Waals surface area contributed by atoms with Crippen molar-refractivity contribution in [3.05, 3.63) is 71.3 Å². The Morgan fingerprint density at radius 1 is 1.04 bits per heavy atom. The van der Waals surface area contributed by atoms with Crippen molar-refractivity contribution in [2.75, 3.05) is 6.54 Å². The van der Waals surface area contributed by atoms with Crippen LogP contribution in [0.2, 0.25) is 0 Å². The number of fused-ring (bicyclic) bond motifs is 2. The topological polar surface area (TPSA) is 57.6 Å². The Kier molecular flexibility index (Phi) is 4.50. The first kappa shape index (κ1) is 17.8. The Morgan fingerprint density at radius 3 is 2.37 bits per heavy atom. The van der Waals surface area contributed by atoms with Gasteiger partial charge in [0.05, 0.1) is 5.92 Å². The van der Waals surface area contributed by atoms with Crippen LogP contribution >= 0.6 is 0 Å². The van der Waals surface area contributed by atoms with Gasteiger partial charge >= 0.3 is 5.97 Å². The molecule has 0 saturated carbocycles. The highest BCUT2D eigenvalue weighted by atomic mass is 16.4. The summed E-state index contributed by atoms with van der Waals surface area (Å²) in [5.41, 5.74) is 2.71. The van der Waals surface area contributed by atoms with E-state index in [0.717, 1.165) is 17.5 Å². The van der Waals surface area contributed by atoms with E-state index in [0.29, 0.717) is 12.1 Å². The number of hydrogen-bond acceptors (Lipinski definition) is 2. The van der Waals surface area contributed by atoms with Gasteiger partial charge in [0.2, 0.25) is 0 Å². The number of likely N-dealkylation sites (tertiary alicyclic amines) is 1. The minimum Gasteiger partial charge on any atom is -0.481 e. The maximum absolute atomic E-state index is 13.2. The molecule has 2 aliphatic rings. The van der Waals surface area contributed by atoms with E-state index in [2.05, 4.69) is 13.8 Å². The summed E-state index contributed by atoms with van der Waals surface area (Å²) in [7, 11) is 0. The Balaban J connectivity index is 1.76. The fourth-order valence-corrected chi connectivity index (χ4v) is 5.23. The fraction of sp³-hybridized carbons (Fsp3) is 0.391. The van der Waals surface area contributed by atoms with Gasteiger partial charge in [-0.3, -0.25) is 9.59 Å². The summed E-state index contributed by atoms with van der Waals surface area (Å²) >= 11 is 0. The first-order valence-corrected chi connectivity index (χ1v) is 9.65. The van der Waals surface area contributed by atoms with Crippen molar-refractivity contribution in [1.29, 1.82) is 0 Å². The number of carboxylic acid groups (broad SMARTS) is 1. The van der Waals surface area contributed by atoms with Crippen LogP contribution < -0.4 is 0 Å². The van der Waals surface area contributed by atoms with E-state index < -0.39 is 11.9 Å². The van der Waals surface area contributed by atoms with E-state index in [1.54, 1.807) is 0 Å². The minimum absolute atomic E-state index is 0.0110. The molecule has 0 radical (unpaired) electrons. The van der Waals surface area contributed by atoms with Crippen molar-refractivity contribution < 1.29 is 14.7 Å². The van der Waals surface area contributed by atoms with Gasteiger partial charge in [0.1, 0.15) is 0 Å². The molecule has 0 bridgehead atoms. The highest BCUT2D eigenvalue weighted by Crippen LogP contribution is 2.49. The summed E-state index contributed by atoms with van der Waals surface area (Å²) < 4.78 is 0. The van der Waals surface area contributed by atoms with Gasteiger partial charge in [-0.2, -0.15) is 0 Å². The lowest BCUT2D eigenvalue weighted by Crippen LogP contribution is -2.44. The van der Waals surface area contributed by atoms with E-state index in [-0.39, 0.29) is 29.7 Å². The van der Waals surface area contributed by atoms with E-state index in [4.69, 9.17) is 0 Å². The van der Waals surface area contributed by atoms with Crippen molar-refractivity contribution >= 4 is 11.9 Å². The van der Waals surface area contributed by atoms with E-state index >= 15 is 0 Å². The van der Waals surface area contributed by atoms with Crippen LogP contribution in [0.3, 0.4) is 0 Å². The van der Waals surface area contributed by atoms with E-state index in [9.17, 15) is 14.7 Å². The zero-order valence-corrected chi connectivity index (χ0v) is 15.7. The van der Waals surface area contributed by atoms with Gasteiger partial charge in [-0.1, -0.05) is 56.3 Å². The van der Waals surface area contributed by atoms with Gasteiger partial charge in [0, 0.05) is 24.1 Å². The zero-order valence-electron chi connectivity index (χ0n) is 15.7. The van der Waals surface area contributed by atoms with Crippen LogP contribution in [0.1, 0.15) is 41.3 Å². The molecule has 4 atom stereocenters. The van der Waals surface area contributed by atoms with Crippen LogP contribution in [0.5, 0.6) is 0 Å². The lowest BCUT2D eigenvalue weighted by Gasteiger charge is -2.38. The Hall–Kier alpha value is -2.62. The second-order valence-electron chi connectivity index (χ2n) is 8.11. The maximum atomic E-state index is 13.2. The average molecular weight is 363 g/mol. The quantitative estimate of drug-likeness (QED) is 0.902. The summed E-state index contributed by atoms with van der Waals surface area (Å²) in [6.07, 6.45) is 0.840. The zero-order chi connectivity index (χ0) is 19.1. The molecule has 2 aromatic carbocycles. The summed E-state index contributed by atoms with van der Waals surface area (Å²) in [5, 5.41) is 10.1. The Labute approximate surface area is 159 Å². The molecule has 4 rings (SSSR count). The van der Waals surface area contributed by atoms with Gasteiger partial charge in [0.15, 0.2) is 0 Å². The summed E-state index contributed by atoms with van der Waals surface area (Å²) in [6, 6.07) is 17.1. The molecule has 27 heavy (non-hydrogen) atoms. The number of hydrogen-bond donors (Lipinski definition) is 1. The molecule has 4 nitrogen and oxygen atoms in total.